The average molecular weight is 440 g/mol. The van der Waals surface area contributed by atoms with Crippen LogP contribution in [0.15, 0.2) is 34.9 Å². The Kier molecular flexibility index (Phi) is 6.04. The molecule has 2 aromatic heterocycles. The lowest BCUT2D eigenvalue weighted by atomic mass is 10.2. The summed E-state index contributed by atoms with van der Waals surface area (Å²) in [6.07, 6.45) is -4.72. The maximum absolute atomic E-state index is 13.4. The summed E-state index contributed by atoms with van der Waals surface area (Å²) in [7, 11) is 1.18. The molecule has 2 N–H and O–H groups in total. The third kappa shape index (κ3) is 5.24. The SMILES string of the molecule is CC(=O)NC[C@H](NC(=O)c1cc(C(F)(F)F)nn1C)c1nc(-c2cccc(F)c2)no1. The molecule has 164 valence electrons. The number of hydrogen-bond donors (Lipinski definition) is 2. The van der Waals surface area contributed by atoms with Gasteiger partial charge in [0, 0.05) is 32.1 Å². The van der Waals surface area contributed by atoms with Crippen LogP contribution in [0.2, 0.25) is 0 Å². The number of aromatic nitrogens is 4. The van der Waals surface area contributed by atoms with E-state index in [0.717, 1.165) is 4.68 Å². The highest BCUT2D eigenvalue weighted by atomic mass is 19.4. The van der Waals surface area contributed by atoms with Crippen molar-refractivity contribution in [2.24, 2.45) is 7.05 Å². The van der Waals surface area contributed by atoms with E-state index in [1.54, 1.807) is 0 Å². The van der Waals surface area contributed by atoms with Gasteiger partial charge in [0.25, 0.3) is 11.8 Å². The lowest BCUT2D eigenvalue weighted by Crippen LogP contribution is -2.38. The van der Waals surface area contributed by atoms with Crippen LogP contribution in [0, 0.1) is 5.82 Å². The molecule has 0 spiro atoms. The number of aryl methyl sites for hydroxylation is 1. The Morgan fingerprint density at radius 2 is 2.00 bits per heavy atom. The van der Waals surface area contributed by atoms with Gasteiger partial charge in [0.1, 0.15) is 17.6 Å². The quantitative estimate of drug-likeness (QED) is 0.568. The standard InChI is InChI=1S/C18H16F4N6O3/c1-9(29)23-8-12(17-25-15(27-31-17)10-4-3-5-11(19)6-10)24-16(30)13-7-14(18(20,21)22)26-28(13)2/h3-7,12H,8H2,1-2H3,(H,23,29)(H,24,30)/t12-/m0/s1. The Balaban J connectivity index is 1.86. The van der Waals surface area contributed by atoms with Gasteiger partial charge in [-0.25, -0.2) is 4.39 Å². The fourth-order valence-electron chi connectivity index (χ4n) is 2.62. The molecule has 1 atom stereocenters. The first-order valence-corrected chi connectivity index (χ1v) is 8.80. The molecule has 0 radical (unpaired) electrons. The Morgan fingerprint density at radius 1 is 1.26 bits per heavy atom. The van der Waals surface area contributed by atoms with Crippen LogP contribution < -0.4 is 10.6 Å². The lowest BCUT2D eigenvalue weighted by molar-refractivity contribution is -0.141. The molecule has 0 aliphatic heterocycles. The van der Waals surface area contributed by atoms with Crippen LogP contribution in [0.4, 0.5) is 17.6 Å². The number of amides is 2. The van der Waals surface area contributed by atoms with Crippen molar-refractivity contribution < 1.29 is 31.7 Å². The van der Waals surface area contributed by atoms with Crippen molar-refractivity contribution in [1.29, 1.82) is 0 Å². The van der Waals surface area contributed by atoms with Crippen molar-refractivity contribution in [2.45, 2.75) is 19.1 Å². The molecule has 0 aliphatic rings. The molecule has 0 fully saturated rings. The van der Waals surface area contributed by atoms with E-state index in [0.29, 0.717) is 11.6 Å². The second-order valence-electron chi connectivity index (χ2n) is 6.47. The minimum atomic E-state index is -4.72. The molecule has 0 saturated carbocycles. The molecule has 0 aliphatic carbocycles. The smallest absolute Gasteiger partial charge is 0.354 e. The van der Waals surface area contributed by atoms with Crippen LogP contribution in [-0.2, 0) is 18.0 Å². The fraction of sp³-hybridized carbons (Fsp3) is 0.278. The zero-order valence-electron chi connectivity index (χ0n) is 16.2. The number of alkyl halides is 3. The summed E-state index contributed by atoms with van der Waals surface area (Å²) in [6.45, 7) is 1.05. The second-order valence-corrected chi connectivity index (χ2v) is 6.47. The molecular weight excluding hydrogens is 424 g/mol. The van der Waals surface area contributed by atoms with Gasteiger partial charge >= 0.3 is 6.18 Å². The number of nitrogens with zero attached hydrogens (tertiary/aromatic N) is 4. The van der Waals surface area contributed by atoms with E-state index in [9.17, 15) is 27.2 Å². The van der Waals surface area contributed by atoms with Crippen molar-refractivity contribution in [3.8, 4) is 11.4 Å². The minimum absolute atomic E-state index is 0.0245. The Bertz CT molecular complexity index is 1110. The first kappa shape index (κ1) is 21.9. The zero-order chi connectivity index (χ0) is 22.8. The topological polar surface area (TPSA) is 115 Å². The number of benzene rings is 1. The van der Waals surface area contributed by atoms with Crippen LogP contribution in [0.1, 0.15) is 35.0 Å². The van der Waals surface area contributed by atoms with E-state index >= 15 is 0 Å². The molecule has 3 rings (SSSR count). The van der Waals surface area contributed by atoms with E-state index in [2.05, 4.69) is 25.9 Å². The second kappa shape index (κ2) is 8.53. The summed E-state index contributed by atoms with van der Waals surface area (Å²) in [5.41, 5.74) is -1.30. The Morgan fingerprint density at radius 3 is 2.61 bits per heavy atom. The first-order chi connectivity index (χ1) is 14.5. The molecule has 0 unspecified atom stereocenters. The Labute approximate surface area is 172 Å². The predicted molar refractivity (Wildman–Crippen MR) is 96.8 cm³/mol. The number of hydrogen-bond acceptors (Lipinski definition) is 6. The Hall–Kier alpha value is -3.77. The molecule has 31 heavy (non-hydrogen) atoms. The largest absolute Gasteiger partial charge is 0.435 e. The predicted octanol–water partition coefficient (Wildman–Crippen LogP) is 2.24. The van der Waals surface area contributed by atoms with Crippen LogP contribution in [-0.4, -0.2) is 38.3 Å². The van der Waals surface area contributed by atoms with Gasteiger partial charge in [0.2, 0.25) is 11.7 Å². The van der Waals surface area contributed by atoms with Gasteiger partial charge in [0.15, 0.2) is 5.69 Å². The van der Waals surface area contributed by atoms with Crippen LogP contribution in [0.25, 0.3) is 11.4 Å². The highest BCUT2D eigenvalue weighted by Crippen LogP contribution is 2.28. The number of nitrogens with one attached hydrogen (secondary N) is 2. The van der Waals surface area contributed by atoms with Gasteiger partial charge < -0.3 is 15.2 Å². The third-order valence-electron chi connectivity index (χ3n) is 4.09. The average Bonchev–Trinajstić information content (AvgIpc) is 3.31. The molecule has 1 aromatic carbocycles. The molecular formula is C18H16F4N6O3. The summed E-state index contributed by atoms with van der Waals surface area (Å²) in [5, 5.41) is 11.9. The summed E-state index contributed by atoms with van der Waals surface area (Å²) in [5.74, 6) is -1.98. The van der Waals surface area contributed by atoms with Gasteiger partial charge in [-0.2, -0.15) is 23.3 Å². The molecule has 2 amide bonds. The van der Waals surface area contributed by atoms with E-state index in [-0.39, 0.29) is 24.0 Å². The molecule has 13 heteroatoms. The highest BCUT2D eigenvalue weighted by molar-refractivity contribution is 5.93. The van der Waals surface area contributed by atoms with Gasteiger partial charge in [-0.05, 0) is 12.1 Å². The highest BCUT2D eigenvalue weighted by Gasteiger charge is 2.36. The summed E-state index contributed by atoms with van der Waals surface area (Å²) in [4.78, 5) is 28.0. The van der Waals surface area contributed by atoms with Crippen molar-refractivity contribution in [1.82, 2.24) is 30.6 Å². The summed E-state index contributed by atoms with van der Waals surface area (Å²) < 4.78 is 57.9. The normalized spacial score (nSPS) is 12.5. The van der Waals surface area contributed by atoms with E-state index in [4.69, 9.17) is 4.52 Å². The maximum atomic E-state index is 13.4. The fourth-order valence-corrected chi connectivity index (χ4v) is 2.62. The summed E-state index contributed by atoms with van der Waals surface area (Å²) >= 11 is 0. The number of carbonyl (C=O) groups excluding carboxylic acids is 2. The van der Waals surface area contributed by atoms with E-state index in [1.165, 1.54) is 38.2 Å². The molecule has 0 bridgehead atoms. The summed E-state index contributed by atoms with van der Waals surface area (Å²) in [6, 6.07) is 4.90. The molecule has 0 saturated heterocycles. The first-order valence-electron chi connectivity index (χ1n) is 8.80. The number of rotatable bonds is 6. The maximum Gasteiger partial charge on any atom is 0.435 e. The van der Waals surface area contributed by atoms with Crippen molar-refractivity contribution >= 4 is 11.8 Å². The van der Waals surface area contributed by atoms with Crippen molar-refractivity contribution in [3.05, 3.63) is 53.4 Å². The number of carbonyl (C=O) groups is 2. The van der Waals surface area contributed by atoms with Crippen molar-refractivity contribution in [2.75, 3.05) is 6.54 Å². The molecule has 9 nitrogen and oxygen atoms in total. The van der Waals surface area contributed by atoms with Gasteiger partial charge in [0.05, 0.1) is 0 Å². The van der Waals surface area contributed by atoms with Crippen molar-refractivity contribution in [3.63, 3.8) is 0 Å². The monoisotopic (exact) mass is 440 g/mol. The van der Waals surface area contributed by atoms with E-state index in [1.807, 2.05) is 0 Å². The molecule has 2 heterocycles. The van der Waals surface area contributed by atoms with Gasteiger partial charge in [-0.15, -0.1) is 0 Å². The van der Waals surface area contributed by atoms with E-state index < -0.39 is 35.5 Å². The van der Waals surface area contributed by atoms with Crippen LogP contribution >= 0.6 is 0 Å². The number of halogens is 4. The minimum Gasteiger partial charge on any atom is -0.354 e. The zero-order valence-corrected chi connectivity index (χ0v) is 16.2. The van der Waals surface area contributed by atoms with Gasteiger partial charge in [-0.1, -0.05) is 17.3 Å². The van der Waals surface area contributed by atoms with Gasteiger partial charge in [-0.3, -0.25) is 14.3 Å². The third-order valence-corrected chi connectivity index (χ3v) is 4.09. The van der Waals surface area contributed by atoms with Crippen LogP contribution in [0.3, 0.4) is 0 Å². The lowest BCUT2D eigenvalue weighted by Gasteiger charge is -2.15. The van der Waals surface area contributed by atoms with Crippen LogP contribution in [0.5, 0.6) is 0 Å². The molecule has 3 aromatic rings.